The third-order valence-electron chi connectivity index (χ3n) is 4.94. The lowest BCUT2D eigenvalue weighted by Gasteiger charge is -2.29. The number of ether oxygens (including phenoxy) is 2. The van der Waals surface area contributed by atoms with Gasteiger partial charge >= 0.3 is 0 Å². The molecule has 146 valence electrons. The van der Waals surface area contributed by atoms with Crippen molar-refractivity contribution in [2.75, 3.05) is 20.8 Å². The number of nitrogens with zero attached hydrogens (tertiary/aromatic N) is 3. The molecule has 0 bridgehead atoms. The van der Waals surface area contributed by atoms with Crippen LogP contribution >= 0.6 is 23.8 Å². The van der Waals surface area contributed by atoms with Crippen molar-refractivity contribution in [3.63, 3.8) is 0 Å². The molecule has 0 spiro atoms. The molecule has 0 unspecified atom stereocenters. The summed E-state index contributed by atoms with van der Waals surface area (Å²) < 4.78 is 13.3. The lowest BCUT2D eigenvalue weighted by atomic mass is 9.99. The molecule has 0 amide bonds. The summed E-state index contributed by atoms with van der Waals surface area (Å²) in [6.45, 7) is 2.39. The quantitative estimate of drug-likeness (QED) is 0.628. The van der Waals surface area contributed by atoms with Gasteiger partial charge in [0, 0.05) is 23.7 Å². The van der Waals surface area contributed by atoms with Crippen molar-refractivity contribution in [3.05, 3.63) is 57.3 Å². The Balaban J connectivity index is 1.53. The summed E-state index contributed by atoms with van der Waals surface area (Å²) in [5.74, 6) is 2.27. The minimum atomic E-state index is 0.531. The first-order chi connectivity index (χ1) is 13.6. The molecule has 0 saturated heterocycles. The molecule has 3 aromatic rings. The molecular formula is C20H21ClN4O2S. The number of fused-ring (bicyclic) bond motifs is 1. The standard InChI is InChI=1S/C20H21ClN4O2S/c1-26-17-9-14-7-8-24(11-15(14)10-18(17)27-2)12-25-20(28)22-19(23-25)13-3-5-16(21)6-4-13/h3-6,9-10H,7-8,11-12H2,1-2H3,(H,22,23,28). The third-order valence-corrected chi connectivity index (χ3v) is 5.50. The lowest BCUT2D eigenvalue weighted by Crippen LogP contribution is -2.32. The van der Waals surface area contributed by atoms with Crippen LogP contribution in [-0.4, -0.2) is 40.4 Å². The molecule has 0 aliphatic carbocycles. The van der Waals surface area contributed by atoms with Gasteiger partial charge in [-0.15, -0.1) is 0 Å². The second-order valence-electron chi connectivity index (χ2n) is 6.71. The molecular weight excluding hydrogens is 396 g/mol. The summed E-state index contributed by atoms with van der Waals surface area (Å²) in [6, 6.07) is 11.7. The average molecular weight is 417 g/mol. The third kappa shape index (κ3) is 3.78. The minimum Gasteiger partial charge on any atom is -0.493 e. The maximum atomic E-state index is 5.97. The van der Waals surface area contributed by atoms with E-state index in [0.29, 0.717) is 16.5 Å². The zero-order chi connectivity index (χ0) is 19.7. The molecule has 4 rings (SSSR count). The van der Waals surface area contributed by atoms with Gasteiger partial charge in [0.15, 0.2) is 17.3 Å². The van der Waals surface area contributed by atoms with E-state index < -0.39 is 0 Å². The predicted octanol–water partition coefficient (Wildman–Crippen LogP) is 4.29. The molecule has 1 aromatic heterocycles. The van der Waals surface area contributed by atoms with Crippen LogP contribution in [0, 0.1) is 4.77 Å². The monoisotopic (exact) mass is 416 g/mol. The average Bonchev–Trinajstić information content (AvgIpc) is 3.07. The number of aromatic amines is 1. The maximum Gasteiger partial charge on any atom is 0.217 e. The van der Waals surface area contributed by atoms with Crippen LogP contribution in [0.1, 0.15) is 11.1 Å². The molecule has 0 radical (unpaired) electrons. The molecule has 2 heterocycles. The fourth-order valence-corrected chi connectivity index (χ4v) is 3.77. The fourth-order valence-electron chi connectivity index (χ4n) is 3.45. The topological polar surface area (TPSA) is 55.3 Å². The van der Waals surface area contributed by atoms with Gasteiger partial charge in [0.1, 0.15) is 0 Å². The molecule has 28 heavy (non-hydrogen) atoms. The van der Waals surface area contributed by atoms with Crippen LogP contribution in [0.2, 0.25) is 5.02 Å². The van der Waals surface area contributed by atoms with Gasteiger partial charge in [-0.25, -0.2) is 4.68 Å². The van der Waals surface area contributed by atoms with Gasteiger partial charge in [-0.2, -0.15) is 4.98 Å². The summed E-state index contributed by atoms with van der Waals surface area (Å²) >= 11 is 11.4. The Hall–Kier alpha value is -2.35. The Labute approximate surface area is 173 Å². The normalized spacial score (nSPS) is 14.0. The van der Waals surface area contributed by atoms with E-state index in [2.05, 4.69) is 27.1 Å². The van der Waals surface area contributed by atoms with E-state index in [1.807, 2.05) is 28.9 Å². The van der Waals surface area contributed by atoms with Gasteiger partial charge in [0.2, 0.25) is 4.77 Å². The number of hydrogen-bond acceptors (Lipinski definition) is 5. The van der Waals surface area contributed by atoms with Crippen LogP contribution in [0.3, 0.4) is 0 Å². The summed E-state index contributed by atoms with van der Waals surface area (Å²) in [7, 11) is 3.32. The van der Waals surface area contributed by atoms with Crippen molar-refractivity contribution in [2.24, 2.45) is 0 Å². The fraction of sp³-hybridized carbons (Fsp3) is 0.300. The molecule has 0 atom stereocenters. The van der Waals surface area contributed by atoms with Gasteiger partial charge in [0.25, 0.3) is 0 Å². The van der Waals surface area contributed by atoms with Gasteiger partial charge in [-0.1, -0.05) is 11.6 Å². The molecule has 1 N–H and O–H groups in total. The van der Waals surface area contributed by atoms with Gasteiger partial charge in [-0.3, -0.25) is 10.00 Å². The van der Waals surface area contributed by atoms with Gasteiger partial charge in [0.05, 0.1) is 20.9 Å². The highest BCUT2D eigenvalue weighted by Gasteiger charge is 2.20. The van der Waals surface area contributed by atoms with E-state index in [-0.39, 0.29) is 0 Å². The first kappa shape index (κ1) is 19.0. The second kappa shape index (κ2) is 7.95. The number of H-pyrrole nitrogens is 1. The second-order valence-corrected chi connectivity index (χ2v) is 7.51. The molecule has 2 aromatic carbocycles. The summed E-state index contributed by atoms with van der Waals surface area (Å²) in [4.78, 5) is 6.81. The minimum absolute atomic E-state index is 0.531. The lowest BCUT2D eigenvalue weighted by molar-refractivity contribution is 0.188. The largest absolute Gasteiger partial charge is 0.493 e. The first-order valence-electron chi connectivity index (χ1n) is 8.96. The van der Waals surface area contributed by atoms with Crippen molar-refractivity contribution < 1.29 is 9.47 Å². The number of halogens is 1. The van der Waals surface area contributed by atoms with Gasteiger partial charge < -0.3 is 9.47 Å². The Bertz CT molecular complexity index is 1050. The highest BCUT2D eigenvalue weighted by Crippen LogP contribution is 2.33. The molecule has 8 heteroatoms. The predicted molar refractivity (Wildman–Crippen MR) is 112 cm³/mol. The molecule has 0 saturated carbocycles. The van der Waals surface area contributed by atoms with Crippen molar-refractivity contribution in [1.29, 1.82) is 0 Å². The zero-order valence-electron chi connectivity index (χ0n) is 15.7. The van der Waals surface area contributed by atoms with E-state index in [1.54, 1.807) is 14.2 Å². The highest BCUT2D eigenvalue weighted by atomic mass is 35.5. The van der Waals surface area contributed by atoms with Crippen LogP contribution < -0.4 is 9.47 Å². The van der Waals surface area contributed by atoms with Crippen molar-refractivity contribution >= 4 is 23.8 Å². The first-order valence-corrected chi connectivity index (χ1v) is 9.75. The molecule has 1 aliphatic rings. The Morgan fingerprint density at radius 2 is 1.79 bits per heavy atom. The van der Waals surface area contributed by atoms with Gasteiger partial charge in [-0.05, 0) is 66.2 Å². The maximum absolute atomic E-state index is 5.97. The van der Waals surface area contributed by atoms with E-state index in [0.717, 1.165) is 42.4 Å². The Morgan fingerprint density at radius 1 is 1.11 bits per heavy atom. The summed E-state index contributed by atoms with van der Waals surface area (Å²) in [5, 5.41) is 4.00. The molecule has 0 fully saturated rings. The van der Waals surface area contributed by atoms with Crippen molar-refractivity contribution in [2.45, 2.75) is 19.6 Å². The number of methoxy groups -OCH3 is 2. The van der Waals surface area contributed by atoms with Crippen LogP contribution in [-0.2, 0) is 19.6 Å². The molecule has 1 aliphatic heterocycles. The zero-order valence-corrected chi connectivity index (χ0v) is 17.3. The van der Waals surface area contributed by atoms with E-state index in [1.165, 1.54) is 11.1 Å². The number of rotatable bonds is 5. The van der Waals surface area contributed by atoms with Crippen LogP contribution in [0.15, 0.2) is 36.4 Å². The Kier molecular flexibility index (Phi) is 5.39. The van der Waals surface area contributed by atoms with E-state index >= 15 is 0 Å². The van der Waals surface area contributed by atoms with Crippen LogP contribution in [0.4, 0.5) is 0 Å². The number of benzene rings is 2. The van der Waals surface area contributed by atoms with Crippen molar-refractivity contribution in [1.82, 2.24) is 19.7 Å². The van der Waals surface area contributed by atoms with Crippen molar-refractivity contribution in [3.8, 4) is 22.9 Å². The number of aromatic nitrogens is 3. The van der Waals surface area contributed by atoms with Crippen LogP contribution in [0.5, 0.6) is 11.5 Å². The smallest absolute Gasteiger partial charge is 0.217 e. The highest BCUT2D eigenvalue weighted by molar-refractivity contribution is 7.71. The number of nitrogens with one attached hydrogen (secondary N) is 1. The van der Waals surface area contributed by atoms with E-state index in [4.69, 9.17) is 33.3 Å². The van der Waals surface area contributed by atoms with E-state index in [9.17, 15) is 0 Å². The SMILES string of the molecule is COc1cc2c(cc1OC)CN(Cn1[nH]c(-c3ccc(Cl)cc3)nc1=S)CC2. The van der Waals surface area contributed by atoms with Crippen LogP contribution in [0.25, 0.3) is 11.4 Å². The summed E-state index contributed by atoms with van der Waals surface area (Å²) in [6.07, 6.45) is 0.946. The Morgan fingerprint density at radius 3 is 2.46 bits per heavy atom. The number of hydrogen-bond donors (Lipinski definition) is 1. The summed E-state index contributed by atoms with van der Waals surface area (Å²) in [5.41, 5.74) is 3.49. The molecule has 6 nitrogen and oxygen atoms in total.